The Bertz CT molecular complexity index is 2260. The summed E-state index contributed by atoms with van der Waals surface area (Å²) in [5.41, 5.74) is 0.0568. The molecule has 4 aromatic rings. The molecule has 0 spiro atoms. The van der Waals surface area contributed by atoms with Gasteiger partial charge in [-0.15, -0.1) is 0 Å². The van der Waals surface area contributed by atoms with Gasteiger partial charge >= 0.3 is 30.0 Å². The van der Waals surface area contributed by atoms with Crippen molar-refractivity contribution in [3.8, 4) is 11.5 Å². The molecule has 58 heavy (non-hydrogen) atoms. The number of hydrogen-bond donors (Lipinski definition) is 2. The van der Waals surface area contributed by atoms with Crippen molar-refractivity contribution < 1.29 is 70.7 Å². The van der Waals surface area contributed by atoms with Crippen molar-refractivity contribution in [2.75, 3.05) is 16.7 Å². The summed E-state index contributed by atoms with van der Waals surface area (Å²) < 4.78 is 69.3. The van der Waals surface area contributed by atoms with Crippen LogP contribution in [0.5, 0.6) is 11.5 Å². The number of thiazole rings is 1. The van der Waals surface area contributed by atoms with Gasteiger partial charge in [0.2, 0.25) is 12.4 Å². The summed E-state index contributed by atoms with van der Waals surface area (Å²) in [5, 5.41) is 10.3. The van der Waals surface area contributed by atoms with Crippen molar-refractivity contribution in [3.05, 3.63) is 72.3 Å². The molecule has 0 saturated carbocycles. The SMILES string of the molecule is COc1cccc(CN(C(=O)OC(C)(C)C)c2ccc(S(=O)(=O)Nc3nc4ccccc4s3)cc2)c1OC1OC(C(=O)O)C(OC(C)=O)C(OC(C)=O)C1OC(C)=O. The summed E-state index contributed by atoms with van der Waals surface area (Å²) in [6.07, 6.45) is -9.86. The van der Waals surface area contributed by atoms with E-state index in [0.717, 1.165) is 25.5 Å². The number of aromatic nitrogens is 1. The van der Waals surface area contributed by atoms with Crippen molar-refractivity contribution in [3.63, 3.8) is 0 Å². The predicted molar refractivity (Wildman–Crippen MR) is 206 cm³/mol. The zero-order chi connectivity index (χ0) is 42.5. The molecule has 1 aliphatic heterocycles. The van der Waals surface area contributed by atoms with Gasteiger partial charge in [0.05, 0.1) is 28.8 Å². The van der Waals surface area contributed by atoms with E-state index in [-0.39, 0.29) is 39.3 Å². The topological polar surface area (TPSA) is 232 Å². The lowest BCUT2D eigenvalue weighted by Crippen LogP contribution is -2.64. The molecular weight excluding hydrogens is 803 g/mol. The number of para-hydroxylation sites is 2. The largest absolute Gasteiger partial charge is 0.493 e. The van der Waals surface area contributed by atoms with E-state index in [0.29, 0.717) is 5.52 Å². The fourth-order valence-electron chi connectivity index (χ4n) is 5.81. The summed E-state index contributed by atoms with van der Waals surface area (Å²) in [6.45, 7) is 7.69. The van der Waals surface area contributed by atoms with Gasteiger partial charge in [0.1, 0.15) is 5.60 Å². The molecule has 18 nitrogen and oxygen atoms in total. The van der Waals surface area contributed by atoms with Crippen LogP contribution in [-0.2, 0) is 59.4 Å². The number of ether oxygens (including phenoxy) is 7. The van der Waals surface area contributed by atoms with Crippen LogP contribution in [0.15, 0.2) is 71.6 Å². The maximum Gasteiger partial charge on any atom is 0.415 e. The number of carboxylic acids is 1. The van der Waals surface area contributed by atoms with E-state index >= 15 is 0 Å². The summed E-state index contributed by atoms with van der Waals surface area (Å²) in [5.74, 6) is -4.49. The molecule has 5 unspecified atom stereocenters. The number of fused-ring (bicyclic) bond motifs is 1. The standard InChI is InChI=1S/C38H41N3O15S2/c1-20(42)51-30-31(52-21(2)43)33(53-22(3)44)35(55-32(30)34(45)46)54-29-23(11-10-13-27(29)50-7)19-41(37(47)56-38(4,5)6)24-15-17-25(18-16-24)58(48,49)40-36-39-26-12-8-9-14-28(26)57-36/h8-18,30-33,35H,19H2,1-7H3,(H,39,40)(H,45,46). The average Bonchev–Trinajstić information content (AvgIpc) is 3.53. The maximum atomic E-state index is 13.8. The molecule has 2 N–H and O–H groups in total. The molecule has 0 bridgehead atoms. The lowest BCUT2D eigenvalue weighted by Gasteiger charge is -2.43. The zero-order valence-corrected chi connectivity index (χ0v) is 34.0. The summed E-state index contributed by atoms with van der Waals surface area (Å²) >= 11 is 1.17. The molecule has 1 aromatic heterocycles. The van der Waals surface area contributed by atoms with Crippen LogP contribution >= 0.6 is 11.3 Å². The van der Waals surface area contributed by atoms with Crippen molar-refractivity contribution in [2.45, 2.75) is 89.3 Å². The van der Waals surface area contributed by atoms with Crippen LogP contribution in [0.1, 0.15) is 47.1 Å². The van der Waals surface area contributed by atoms with Crippen molar-refractivity contribution in [1.29, 1.82) is 0 Å². The third-order valence-corrected chi connectivity index (χ3v) is 10.5. The number of amides is 1. The first-order valence-corrected chi connectivity index (χ1v) is 19.8. The van der Waals surface area contributed by atoms with Crippen LogP contribution in [0.3, 0.4) is 0 Å². The highest BCUT2D eigenvalue weighted by Gasteiger charge is 2.55. The number of hydrogen-bond acceptors (Lipinski definition) is 16. The van der Waals surface area contributed by atoms with Gasteiger partial charge in [-0.25, -0.2) is 23.0 Å². The molecule has 20 heteroatoms. The van der Waals surface area contributed by atoms with Crippen LogP contribution in [0.2, 0.25) is 0 Å². The number of nitrogens with one attached hydrogen (secondary N) is 1. The zero-order valence-electron chi connectivity index (χ0n) is 32.3. The first kappa shape index (κ1) is 43.1. The lowest BCUT2D eigenvalue weighted by molar-refractivity contribution is -0.282. The molecule has 310 valence electrons. The Hall–Kier alpha value is -5.99. The number of aliphatic carboxylic acids is 1. The number of carbonyl (C=O) groups is 5. The number of carboxylic acid groups (broad SMARTS) is 1. The van der Waals surface area contributed by atoms with E-state index < -0.39 is 76.3 Å². The Balaban J connectivity index is 1.52. The second-order valence-electron chi connectivity index (χ2n) is 13.7. The number of carbonyl (C=O) groups excluding carboxylic acids is 4. The molecule has 1 amide bonds. The number of benzene rings is 3. The first-order valence-electron chi connectivity index (χ1n) is 17.5. The lowest BCUT2D eigenvalue weighted by atomic mass is 9.97. The third-order valence-electron chi connectivity index (χ3n) is 8.08. The molecule has 0 radical (unpaired) electrons. The van der Waals surface area contributed by atoms with Gasteiger partial charge in [-0.3, -0.25) is 24.0 Å². The van der Waals surface area contributed by atoms with Gasteiger partial charge in [0.15, 0.2) is 34.9 Å². The maximum absolute atomic E-state index is 13.8. The third kappa shape index (κ3) is 10.5. The number of nitrogens with zero attached hydrogens (tertiary/aromatic N) is 2. The van der Waals surface area contributed by atoms with E-state index in [9.17, 15) is 37.5 Å². The van der Waals surface area contributed by atoms with Gasteiger partial charge in [-0.2, -0.15) is 0 Å². The Kier molecular flexibility index (Phi) is 13.1. The van der Waals surface area contributed by atoms with Crippen LogP contribution < -0.4 is 19.1 Å². The molecule has 2 heterocycles. The molecule has 1 saturated heterocycles. The highest BCUT2D eigenvalue weighted by molar-refractivity contribution is 7.93. The summed E-state index contributed by atoms with van der Waals surface area (Å²) in [4.78, 5) is 68.3. The average molecular weight is 844 g/mol. The van der Waals surface area contributed by atoms with Gasteiger partial charge in [-0.05, 0) is 63.2 Å². The molecule has 5 rings (SSSR count). The monoisotopic (exact) mass is 843 g/mol. The molecule has 0 aliphatic carbocycles. The van der Waals surface area contributed by atoms with Gasteiger partial charge in [0.25, 0.3) is 10.0 Å². The summed E-state index contributed by atoms with van der Waals surface area (Å²) in [6, 6.07) is 17.2. The number of esters is 3. The van der Waals surface area contributed by atoms with E-state index in [4.69, 9.17) is 33.2 Å². The van der Waals surface area contributed by atoms with Crippen LogP contribution in [0.25, 0.3) is 10.2 Å². The predicted octanol–water partition coefficient (Wildman–Crippen LogP) is 5.03. The van der Waals surface area contributed by atoms with Gasteiger partial charge in [0, 0.05) is 32.0 Å². The van der Waals surface area contributed by atoms with E-state index in [1.165, 1.54) is 53.7 Å². The Morgan fingerprint density at radius 1 is 0.862 bits per heavy atom. The normalized spacial score (nSPS) is 19.3. The summed E-state index contributed by atoms with van der Waals surface area (Å²) in [7, 11) is -2.81. The fourth-order valence-corrected chi connectivity index (χ4v) is 7.91. The first-order chi connectivity index (χ1) is 27.3. The Morgan fingerprint density at radius 3 is 2.07 bits per heavy atom. The van der Waals surface area contributed by atoms with Gasteiger partial charge in [-0.1, -0.05) is 35.6 Å². The molecular formula is C38H41N3O15S2. The van der Waals surface area contributed by atoms with E-state index in [1.54, 1.807) is 45.0 Å². The van der Waals surface area contributed by atoms with Gasteiger partial charge < -0.3 is 38.3 Å². The highest BCUT2D eigenvalue weighted by atomic mass is 32.2. The van der Waals surface area contributed by atoms with Crippen molar-refractivity contribution in [2.24, 2.45) is 0 Å². The Morgan fingerprint density at radius 2 is 1.48 bits per heavy atom. The van der Waals surface area contributed by atoms with Crippen LogP contribution in [-0.4, -0.2) is 91.9 Å². The number of sulfonamides is 1. The second-order valence-corrected chi connectivity index (χ2v) is 16.4. The second kappa shape index (κ2) is 17.7. The molecule has 3 aromatic carbocycles. The van der Waals surface area contributed by atoms with E-state index in [2.05, 4.69) is 9.71 Å². The van der Waals surface area contributed by atoms with Crippen molar-refractivity contribution >= 4 is 72.4 Å². The minimum atomic E-state index is -4.11. The fraction of sp³-hybridized carbons (Fsp3) is 0.368. The van der Waals surface area contributed by atoms with Crippen molar-refractivity contribution in [1.82, 2.24) is 4.98 Å². The number of anilines is 2. The highest BCUT2D eigenvalue weighted by Crippen LogP contribution is 2.38. The molecule has 1 fully saturated rings. The van der Waals surface area contributed by atoms with Crippen LogP contribution in [0.4, 0.5) is 15.6 Å². The molecule has 1 aliphatic rings. The minimum absolute atomic E-state index is 0.0483. The van der Waals surface area contributed by atoms with E-state index in [1.807, 2.05) is 12.1 Å². The molecule has 5 atom stereocenters. The minimum Gasteiger partial charge on any atom is -0.493 e. The smallest absolute Gasteiger partial charge is 0.415 e. The van der Waals surface area contributed by atoms with Crippen LogP contribution in [0, 0.1) is 0 Å². The Labute approximate surface area is 336 Å². The number of methoxy groups -OCH3 is 1. The number of rotatable bonds is 13. The quantitative estimate of drug-likeness (QED) is 0.133.